The Bertz CT molecular complexity index is 1060. The van der Waals surface area contributed by atoms with Crippen molar-refractivity contribution in [2.45, 2.75) is 45.1 Å². The van der Waals surface area contributed by atoms with Crippen molar-refractivity contribution in [1.82, 2.24) is 15.6 Å². The number of hydrogen-bond donors (Lipinski definition) is 3. The topological polar surface area (TPSA) is 108 Å². The number of carbonyl (C=O) groups is 2. The third-order valence-electron chi connectivity index (χ3n) is 5.99. The van der Waals surface area contributed by atoms with Crippen molar-refractivity contribution in [3.05, 3.63) is 35.0 Å². The zero-order valence-electron chi connectivity index (χ0n) is 16.6. The van der Waals surface area contributed by atoms with Crippen molar-refractivity contribution in [1.29, 1.82) is 0 Å². The second kappa shape index (κ2) is 7.82. The van der Waals surface area contributed by atoms with Crippen molar-refractivity contribution < 1.29 is 18.0 Å². The van der Waals surface area contributed by atoms with Crippen LogP contribution in [0.4, 0.5) is 0 Å². The van der Waals surface area contributed by atoms with Gasteiger partial charge in [0.2, 0.25) is 5.91 Å². The number of sulfone groups is 1. The Hall–Kier alpha value is -2.35. The molecule has 1 aliphatic heterocycles. The number of carbonyl (C=O) groups excluding carboxylic acids is 2. The fraction of sp³-hybridized carbons (Fsp3) is 0.524. The lowest BCUT2D eigenvalue weighted by Gasteiger charge is -2.16. The summed E-state index contributed by atoms with van der Waals surface area (Å²) >= 11 is 0. The molecule has 0 radical (unpaired) electrons. The van der Waals surface area contributed by atoms with E-state index in [4.69, 9.17) is 0 Å². The highest BCUT2D eigenvalue weighted by molar-refractivity contribution is 7.91. The summed E-state index contributed by atoms with van der Waals surface area (Å²) in [6, 6.07) is 4.90. The molecule has 0 saturated carbocycles. The van der Waals surface area contributed by atoms with Crippen LogP contribution in [0, 0.1) is 5.92 Å². The van der Waals surface area contributed by atoms with Gasteiger partial charge in [-0.1, -0.05) is 0 Å². The van der Waals surface area contributed by atoms with Crippen LogP contribution < -0.4 is 10.6 Å². The number of aromatic amines is 1. The first-order valence-corrected chi connectivity index (χ1v) is 12.1. The van der Waals surface area contributed by atoms with Crippen LogP contribution in [0.2, 0.25) is 0 Å². The molecule has 1 aliphatic carbocycles. The van der Waals surface area contributed by atoms with Gasteiger partial charge < -0.3 is 15.6 Å². The molecule has 2 heterocycles. The molecule has 2 amide bonds. The summed E-state index contributed by atoms with van der Waals surface area (Å²) in [6.45, 7) is 1.95. The number of hydrogen-bond acceptors (Lipinski definition) is 4. The number of aromatic nitrogens is 1. The predicted octanol–water partition coefficient (Wildman–Crippen LogP) is 1.72. The molecule has 2 aliphatic rings. The molecule has 156 valence electrons. The maximum absolute atomic E-state index is 12.7. The summed E-state index contributed by atoms with van der Waals surface area (Å²) in [5.41, 5.74) is 4.15. The van der Waals surface area contributed by atoms with Gasteiger partial charge in [0.25, 0.3) is 5.91 Å². The number of nitrogens with one attached hydrogen (secondary N) is 3. The standard InChI is InChI=1S/C21H27N3O4S/c1-13(20(25)22-11-14-8-9-29(27,28)12-14)23-21(26)15-6-7-19-17(10-15)16-4-2-3-5-18(16)24-19/h6-7,10,13-14,24H,2-5,8-9,11-12H2,1H3,(H,22,25)(H,23,26). The zero-order chi connectivity index (χ0) is 20.6. The molecule has 8 heteroatoms. The number of rotatable bonds is 5. The van der Waals surface area contributed by atoms with E-state index >= 15 is 0 Å². The van der Waals surface area contributed by atoms with Gasteiger partial charge in [-0.25, -0.2) is 8.42 Å². The Morgan fingerprint density at radius 1 is 1.24 bits per heavy atom. The van der Waals surface area contributed by atoms with E-state index in [1.54, 1.807) is 13.0 Å². The number of H-pyrrole nitrogens is 1. The second-order valence-corrected chi connectivity index (χ2v) is 10.5. The SMILES string of the molecule is CC(NC(=O)c1ccc2[nH]c3c(c2c1)CCCC3)C(=O)NCC1CCS(=O)(=O)C1. The lowest BCUT2D eigenvalue weighted by molar-refractivity contribution is -0.122. The van der Waals surface area contributed by atoms with Gasteiger partial charge in [0.05, 0.1) is 11.5 Å². The average Bonchev–Trinajstić information content (AvgIpc) is 3.24. The minimum Gasteiger partial charge on any atom is -0.358 e. The first kappa shape index (κ1) is 19.9. The van der Waals surface area contributed by atoms with E-state index in [1.807, 2.05) is 12.1 Å². The second-order valence-electron chi connectivity index (χ2n) is 8.26. The molecule has 0 bridgehead atoms. The summed E-state index contributed by atoms with van der Waals surface area (Å²) in [4.78, 5) is 28.4. The number of aryl methyl sites for hydroxylation is 2. The largest absolute Gasteiger partial charge is 0.358 e. The summed E-state index contributed by atoms with van der Waals surface area (Å²) < 4.78 is 23.0. The third-order valence-corrected chi connectivity index (χ3v) is 7.83. The lowest BCUT2D eigenvalue weighted by atomic mass is 9.95. The van der Waals surface area contributed by atoms with Gasteiger partial charge in [-0.2, -0.15) is 0 Å². The van der Waals surface area contributed by atoms with Crippen molar-refractivity contribution in [2.75, 3.05) is 18.1 Å². The highest BCUT2D eigenvalue weighted by Crippen LogP contribution is 2.29. The molecule has 1 aromatic carbocycles. The van der Waals surface area contributed by atoms with Crippen molar-refractivity contribution in [3.8, 4) is 0 Å². The molecular weight excluding hydrogens is 390 g/mol. The molecule has 2 atom stereocenters. The van der Waals surface area contributed by atoms with E-state index in [0.717, 1.165) is 30.2 Å². The molecule has 2 unspecified atom stereocenters. The fourth-order valence-electron chi connectivity index (χ4n) is 4.32. The Balaban J connectivity index is 1.37. The Kier molecular flexibility index (Phi) is 5.38. The molecule has 1 fully saturated rings. The van der Waals surface area contributed by atoms with Crippen LogP contribution in [0.5, 0.6) is 0 Å². The normalized spacial score (nSPS) is 21.5. The van der Waals surface area contributed by atoms with E-state index in [2.05, 4.69) is 15.6 Å². The fourth-order valence-corrected chi connectivity index (χ4v) is 6.19. The summed E-state index contributed by atoms with van der Waals surface area (Å²) in [5, 5.41) is 6.60. The monoisotopic (exact) mass is 417 g/mol. The summed E-state index contributed by atoms with van der Waals surface area (Å²) in [7, 11) is -2.96. The van der Waals surface area contributed by atoms with Crippen molar-refractivity contribution in [2.24, 2.45) is 5.92 Å². The molecule has 2 aromatic rings. The first-order chi connectivity index (χ1) is 13.8. The van der Waals surface area contributed by atoms with Crippen LogP contribution in [-0.4, -0.2) is 49.3 Å². The summed E-state index contributed by atoms with van der Waals surface area (Å²) in [6.07, 6.45) is 4.99. The highest BCUT2D eigenvalue weighted by atomic mass is 32.2. The van der Waals surface area contributed by atoms with Crippen LogP contribution in [0.15, 0.2) is 18.2 Å². The zero-order valence-corrected chi connectivity index (χ0v) is 17.4. The highest BCUT2D eigenvalue weighted by Gasteiger charge is 2.28. The molecule has 1 aromatic heterocycles. The third kappa shape index (κ3) is 4.32. The Morgan fingerprint density at radius 3 is 2.79 bits per heavy atom. The molecule has 3 N–H and O–H groups in total. The smallest absolute Gasteiger partial charge is 0.251 e. The molecule has 1 saturated heterocycles. The van der Waals surface area contributed by atoms with Crippen LogP contribution in [0.25, 0.3) is 10.9 Å². The van der Waals surface area contributed by atoms with Crippen LogP contribution >= 0.6 is 0 Å². The lowest BCUT2D eigenvalue weighted by Crippen LogP contribution is -2.46. The first-order valence-electron chi connectivity index (χ1n) is 10.2. The maximum Gasteiger partial charge on any atom is 0.251 e. The van der Waals surface area contributed by atoms with Gasteiger partial charge in [0, 0.05) is 28.7 Å². The average molecular weight is 418 g/mol. The number of amides is 2. The minimum atomic E-state index is -2.96. The number of benzene rings is 1. The quantitative estimate of drug-likeness (QED) is 0.688. The van der Waals surface area contributed by atoms with Crippen LogP contribution in [-0.2, 0) is 27.5 Å². The maximum atomic E-state index is 12.7. The van der Waals surface area contributed by atoms with Crippen molar-refractivity contribution >= 4 is 32.6 Å². The van der Waals surface area contributed by atoms with Crippen LogP contribution in [0.1, 0.15) is 47.8 Å². The van der Waals surface area contributed by atoms with E-state index < -0.39 is 15.9 Å². The van der Waals surface area contributed by atoms with E-state index in [0.29, 0.717) is 18.5 Å². The van der Waals surface area contributed by atoms with E-state index in [9.17, 15) is 18.0 Å². The molecule has 7 nitrogen and oxygen atoms in total. The van der Waals surface area contributed by atoms with E-state index in [-0.39, 0.29) is 29.2 Å². The molecule has 0 spiro atoms. The van der Waals surface area contributed by atoms with Crippen LogP contribution in [0.3, 0.4) is 0 Å². The minimum absolute atomic E-state index is 0.0472. The molecule has 29 heavy (non-hydrogen) atoms. The predicted molar refractivity (Wildman–Crippen MR) is 112 cm³/mol. The number of fused-ring (bicyclic) bond motifs is 3. The van der Waals surface area contributed by atoms with Gasteiger partial charge in [-0.15, -0.1) is 0 Å². The Labute approximate surface area is 170 Å². The summed E-state index contributed by atoms with van der Waals surface area (Å²) in [5.74, 6) is -0.333. The van der Waals surface area contributed by atoms with Gasteiger partial charge in [0.1, 0.15) is 6.04 Å². The van der Waals surface area contributed by atoms with Gasteiger partial charge in [-0.05, 0) is 68.7 Å². The van der Waals surface area contributed by atoms with E-state index in [1.165, 1.54) is 17.7 Å². The van der Waals surface area contributed by atoms with Gasteiger partial charge in [0.15, 0.2) is 9.84 Å². The Morgan fingerprint density at radius 2 is 2.03 bits per heavy atom. The van der Waals surface area contributed by atoms with Gasteiger partial charge >= 0.3 is 0 Å². The van der Waals surface area contributed by atoms with Crippen molar-refractivity contribution in [3.63, 3.8) is 0 Å². The molecular formula is C21H27N3O4S. The molecule has 4 rings (SSSR count). The van der Waals surface area contributed by atoms with Gasteiger partial charge in [-0.3, -0.25) is 9.59 Å².